The molecule has 0 aromatic carbocycles. The van der Waals surface area contributed by atoms with Gasteiger partial charge >= 0.3 is 0 Å². The molecule has 2 N–H and O–H groups in total. The van der Waals surface area contributed by atoms with E-state index in [1.54, 1.807) is 12.1 Å². The molecule has 5 heteroatoms. The summed E-state index contributed by atoms with van der Waals surface area (Å²) in [7, 11) is 0. The molecule has 1 saturated carbocycles. The molecule has 0 spiro atoms. The maximum Gasteiger partial charge on any atom is 0.272 e. The molecule has 19 heavy (non-hydrogen) atoms. The molecule has 1 aromatic heterocycles. The van der Waals surface area contributed by atoms with E-state index in [2.05, 4.69) is 34.7 Å². The smallest absolute Gasteiger partial charge is 0.272 e. The fraction of sp³-hybridized carbons (Fsp3) is 0.643. The maximum absolute atomic E-state index is 11.9. The average Bonchev–Trinajstić information content (AvgIpc) is 2.89. The van der Waals surface area contributed by atoms with E-state index < -0.39 is 0 Å². The number of rotatable bonds is 5. The molecule has 1 aliphatic carbocycles. The number of anilines is 1. The van der Waals surface area contributed by atoms with Crippen LogP contribution in [0, 0.1) is 5.92 Å². The number of nitrogens with zero attached hydrogens (tertiary/aromatic N) is 2. The maximum atomic E-state index is 11.9. The molecule has 1 fully saturated rings. The Kier molecular flexibility index (Phi) is 4.71. The van der Waals surface area contributed by atoms with Crippen molar-refractivity contribution in [2.75, 3.05) is 11.9 Å². The molecule has 0 radical (unpaired) electrons. The fourth-order valence-electron chi connectivity index (χ4n) is 2.19. The molecule has 104 valence electrons. The number of hydrogen-bond acceptors (Lipinski definition) is 4. The van der Waals surface area contributed by atoms with Crippen LogP contribution < -0.4 is 10.6 Å². The molecule has 1 aliphatic rings. The average molecular weight is 262 g/mol. The SMILES string of the molecule is CC(C)CNc1ccc(C(=O)NC2CCCC2)nn1. The summed E-state index contributed by atoms with van der Waals surface area (Å²) in [6.45, 7) is 5.11. The zero-order valence-corrected chi connectivity index (χ0v) is 11.6. The Labute approximate surface area is 114 Å². The highest BCUT2D eigenvalue weighted by Crippen LogP contribution is 2.17. The van der Waals surface area contributed by atoms with Gasteiger partial charge in [-0.2, -0.15) is 0 Å². The second kappa shape index (κ2) is 6.50. The zero-order valence-electron chi connectivity index (χ0n) is 11.6. The minimum Gasteiger partial charge on any atom is -0.368 e. The van der Waals surface area contributed by atoms with Crippen molar-refractivity contribution in [1.82, 2.24) is 15.5 Å². The van der Waals surface area contributed by atoms with Crippen LogP contribution in [0.4, 0.5) is 5.82 Å². The predicted octanol–water partition coefficient (Wildman–Crippen LogP) is 2.22. The molecule has 0 bridgehead atoms. The van der Waals surface area contributed by atoms with E-state index in [1.807, 2.05) is 0 Å². The highest BCUT2D eigenvalue weighted by atomic mass is 16.2. The molecule has 2 rings (SSSR count). The minimum absolute atomic E-state index is 0.116. The number of hydrogen-bond donors (Lipinski definition) is 2. The molecule has 1 heterocycles. The Balaban J connectivity index is 1.88. The van der Waals surface area contributed by atoms with Gasteiger partial charge < -0.3 is 10.6 Å². The van der Waals surface area contributed by atoms with Gasteiger partial charge in [-0.15, -0.1) is 10.2 Å². The highest BCUT2D eigenvalue weighted by molar-refractivity contribution is 5.92. The second-order valence-electron chi connectivity index (χ2n) is 5.53. The van der Waals surface area contributed by atoms with Crippen molar-refractivity contribution in [2.24, 2.45) is 5.92 Å². The van der Waals surface area contributed by atoms with Gasteiger partial charge in [0.2, 0.25) is 0 Å². The van der Waals surface area contributed by atoms with Gasteiger partial charge in [-0.25, -0.2) is 0 Å². The third kappa shape index (κ3) is 4.19. The number of carbonyl (C=O) groups is 1. The van der Waals surface area contributed by atoms with Gasteiger partial charge in [-0.05, 0) is 30.9 Å². The Morgan fingerprint density at radius 1 is 1.32 bits per heavy atom. The van der Waals surface area contributed by atoms with E-state index in [0.717, 1.165) is 19.4 Å². The van der Waals surface area contributed by atoms with E-state index in [-0.39, 0.29) is 5.91 Å². The van der Waals surface area contributed by atoms with Crippen LogP contribution in [0.3, 0.4) is 0 Å². The summed E-state index contributed by atoms with van der Waals surface area (Å²) in [5, 5.41) is 14.2. The first-order valence-corrected chi connectivity index (χ1v) is 7.03. The van der Waals surface area contributed by atoms with Crippen molar-refractivity contribution in [2.45, 2.75) is 45.6 Å². The van der Waals surface area contributed by atoms with Crippen LogP contribution in [0.1, 0.15) is 50.0 Å². The predicted molar refractivity (Wildman–Crippen MR) is 75.1 cm³/mol. The summed E-state index contributed by atoms with van der Waals surface area (Å²) < 4.78 is 0. The van der Waals surface area contributed by atoms with Gasteiger partial charge in [0, 0.05) is 12.6 Å². The quantitative estimate of drug-likeness (QED) is 0.854. The summed E-state index contributed by atoms with van der Waals surface area (Å²) in [6.07, 6.45) is 4.56. The van der Waals surface area contributed by atoms with Crippen LogP contribution in [0.5, 0.6) is 0 Å². The van der Waals surface area contributed by atoms with Crippen molar-refractivity contribution in [3.63, 3.8) is 0 Å². The van der Waals surface area contributed by atoms with Crippen molar-refractivity contribution in [3.05, 3.63) is 17.8 Å². The molecule has 0 atom stereocenters. The second-order valence-corrected chi connectivity index (χ2v) is 5.53. The van der Waals surface area contributed by atoms with Crippen LogP contribution in [0.25, 0.3) is 0 Å². The first-order chi connectivity index (χ1) is 9.15. The normalized spacial score (nSPS) is 15.7. The monoisotopic (exact) mass is 262 g/mol. The Morgan fingerprint density at radius 3 is 2.63 bits per heavy atom. The summed E-state index contributed by atoms with van der Waals surface area (Å²) >= 11 is 0. The summed E-state index contributed by atoms with van der Waals surface area (Å²) in [6, 6.07) is 3.84. The number of aromatic nitrogens is 2. The molecule has 1 amide bonds. The van der Waals surface area contributed by atoms with Crippen LogP contribution in [-0.2, 0) is 0 Å². The van der Waals surface area contributed by atoms with Gasteiger partial charge in [-0.3, -0.25) is 4.79 Å². The molecule has 1 aromatic rings. The molecule has 0 unspecified atom stereocenters. The van der Waals surface area contributed by atoms with Gasteiger partial charge in [0.05, 0.1) is 0 Å². The number of nitrogens with one attached hydrogen (secondary N) is 2. The van der Waals surface area contributed by atoms with E-state index in [1.165, 1.54) is 12.8 Å². The Hall–Kier alpha value is -1.65. The Bertz CT molecular complexity index is 410. The molecule has 0 aliphatic heterocycles. The third-order valence-corrected chi connectivity index (χ3v) is 3.28. The van der Waals surface area contributed by atoms with Crippen LogP contribution in [-0.4, -0.2) is 28.7 Å². The molecule has 5 nitrogen and oxygen atoms in total. The Morgan fingerprint density at radius 2 is 2.05 bits per heavy atom. The standard InChI is InChI=1S/C14H22N4O/c1-10(2)9-15-13-8-7-12(17-18-13)14(19)16-11-5-3-4-6-11/h7-8,10-11H,3-6,9H2,1-2H3,(H,15,18)(H,16,19). The third-order valence-electron chi connectivity index (χ3n) is 3.28. The lowest BCUT2D eigenvalue weighted by Crippen LogP contribution is -2.33. The van der Waals surface area contributed by atoms with Gasteiger partial charge in [-0.1, -0.05) is 26.7 Å². The van der Waals surface area contributed by atoms with Gasteiger partial charge in [0.25, 0.3) is 5.91 Å². The first-order valence-electron chi connectivity index (χ1n) is 7.03. The summed E-state index contributed by atoms with van der Waals surface area (Å²) in [5.41, 5.74) is 0.391. The highest BCUT2D eigenvalue weighted by Gasteiger charge is 2.18. The first kappa shape index (κ1) is 13.8. The zero-order chi connectivity index (χ0) is 13.7. The van der Waals surface area contributed by atoms with E-state index in [4.69, 9.17) is 0 Å². The number of amides is 1. The number of carbonyl (C=O) groups excluding carboxylic acids is 1. The molecular formula is C14H22N4O. The van der Waals surface area contributed by atoms with Crippen molar-refractivity contribution in [3.8, 4) is 0 Å². The van der Waals surface area contributed by atoms with Gasteiger partial charge in [0.15, 0.2) is 5.69 Å². The van der Waals surface area contributed by atoms with Gasteiger partial charge in [0.1, 0.15) is 5.82 Å². The van der Waals surface area contributed by atoms with Crippen LogP contribution in [0.2, 0.25) is 0 Å². The lowest BCUT2D eigenvalue weighted by atomic mass is 10.2. The molecule has 0 saturated heterocycles. The summed E-state index contributed by atoms with van der Waals surface area (Å²) in [4.78, 5) is 11.9. The van der Waals surface area contributed by atoms with Crippen molar-refractivity contribution < 1.29 is 4.79 Å². The van der Waals surface area contributed by atoms with E-state index in [0.29, 0.717) is 23.5 Å². The van der Waals surface area contributed by atoms with Crippen LogP contribution in [0.15, 0.2) is 12.1 Å². The largest absolute Gasteiger partial charge is 0.368 e. The lowest BCUT2D eigenvalue weighted by Gasteiger charge is -2.11. The van der Waals surface area contributed by atoms with Crippen molar-refractivity contribution >= 4 is 11.7 Å². The van der Waals surface area contributed by atoms with E-state index in [9.17, 15) is 4.79 Å². The topological polar surface area (TPSA) is 66.9 Å². The lowest BCUT2D eigenvalue weighted by molar-refractivity contribution is 0.0932. The van der Waals surface area contributed by atoms with E-state index >= 15 is 0 Å². The minimum atomic E-state index is -0.116. The van der Waals surface area contributed by atoms with Crippen LogP contribution >= 0.6 is 0 Å². The molecular weight excluding hydrogens is 240 g/mol. The summed E-state index contributed by atoms with van der Waals surface area (Å²) in [5.74, 6) is 1.15. The van der Waals surface area contributed by atoms with Crippen molar-refractivity contribution in [1.29, 1.82) is 0 Å². The fourth-order valence-corrected chi connectivity index (χ4v) is 2.19.